The molecule has 0 bridgehead atoms. The number of aromatic nitrogens is 2. The highest BCUT2D eigenvalue weighted by Gasteiger charge is 2.07. The Balaban J connectivity index is 2.18. The molecule has 0 amide bonds. The van der Waals surface area contributed by atoms with Crippen molar-refractivity contribution >= 4 is 0 Å². The van der Waals surface area contributed by atoms with Gasteiger partial charge in [0.15, 0.2) is 0 Å². The van der Waals surface area contributed by atoms with Crippen LogP contribution in [0.1, 0.15) is 17.9 Å². The van der Waals surface area contributed by atoms with Crippen LogP contribution in [0.5, 0.6) is 0 Å². The van der Waals surface area contributed by atoms with Gasteiger partial charge in [-0.2, -0.15) is 4.98 Å². The molecule has 0 aliphatic heterocycles. The molecule has 1 heterocycles. The second-order valence-corrected chi connectivity index (χ2v) is 3.71. The van der Waals surface area contributed by atoms with Crippen molar-refractivity contribution in [1.82, 2.24) is 10.1 Å². The lowest BCUT2D eigenvalue weighted by molar-refractivity contribution is 0.278. The number of benzene rings is 1. The molecule has 16 heavy (non-hydrogen) atoms. The Bertz CT molecular complexity index is 466. The number of rotatable bonds is 4. The SMILES string of the molecule is Cc1cccc(-c2noc(CCCO)n2)c1. The van der Waals surface area contributed by atoms with Crippen LogP contribution in [0.25, 0.3) is 11.4 Å². The van der Waals surface area contributed by atoms with Gasteiger partial charge < -0.3 is 9.63 Å². The van der Waals surface area contributed by atoms with Gasteiger partial charge >= 0.3 is 0 Å². The van der Waals surface area contributed by atoms with Crippen LogP contribution >= 0.6 is 0 Å². The average Bonchev–Trinajstić information content (AvgIpc) is 2.75. The first-order valence-electron chi connectivity index (χ1n) is 5.30. The first kappa shape index (κ1) is 10.8. The molecule has 1 aromatic heterocycles. The molecule has 0 saturated carbocycles. The summed E-state index contributed by atoms with van der Waals surface area (Å²) in [7, 11) is 0. The minimum absolute atomic E-state index is 0.141. The van der Waals surface area contributed by atoms with Gasteiger partial charge in [0.2, 0.25) is 11.7 Å². The summed E-state index contributed by atoms with van der Waals surface area (Å²) in [5.41, 5.74) is 2.12. The molecule has 0 fully saturated rings. The van der Waals surface area contributed by atoms with Crippen LogP contribution in [0, 0.1) is 6.92 Å². The fraction of sp³-hybridized carbons (Fsp3) is 0.333. The summed E-state index contributed by atoms with van der Waals surface area (Å²) < 4.78 is 5.09. The van der Waals surface area contributed by atoms with Crippen molar-refractivity contribution in [3.05, 3.63) is 35.7 Å². The number of aliphatic hydroxyl groups excluding tert-OH is 1. The predicted octanol–water partition coefficient (Wildman–Crippen LogP) is 1.97. The normalized spacial score (nSPS) is 10.6. The molecule has 0 aliphatic rings. The van der Waals surface area contributed by atoms with E-state index < -0.39 is 0 Å². The molecule has 4 heteroatoms. The highest BCUT2D eigenvalue weighted by molar-refractivity contribution is 5.55. The largest absolute Gasteiger partial charge is 0.396 e. The molecule has 4 nitrogen and oxygen atoms in total. The van der Waals surface area contributed by atoms with Crippen molar-refractivity contribution in [2.24, 2.45) is 0 Å². The number of hydrogen-bond donors (Lipinski definition) is 1. The predicted molar refractivity (Wildman–Crippen MR) is 59.9 cm³/mol. The fourth-order valence-corrected chi connectivity index (χ4v) is 1.49. The highest BCUT2D eigenvalue weighted by Crippen LogP contribution is 2.17. The Morgan fingerprint density at radius 1 is 1.38 bits per heavy atom. The second-order valence-electron chi connectivity index (χ2n) is 3.71. The number of hydrogen-bond acceptors (Lipinski definition) is 4. The van der Waals surface area contributed by atoms with E-state index in [0.29, 0.717) is 24.6 Å². The van der Waals surface area contributed by atoms with E-state index in [1.54, 1.807) is 0 Å². The lowest BCUT2D eigenvalue weighted by Crippen LogP contribution is -1.89. The Labute approximate surface area is 93.9 Å². The zero-order valence-electron chi connectivity index (χ0n) is 9.18. The molecule has 0 aliphatic carbocycles. The summed E-state index contributed by atoms with van der Waals surface area (Å²) in [6, 6.07) is 7.96. The summed E-state index contributed by atoms with van der Waals surface area (Å²) in [5.74, 6) is 1.18. The van der Waals surface area contributed by atoms with Gasteiger partial charge in [-0.3, -0.25) is 0 Å². The first-order valence-corrected chi connectivity index (χ1v) is 5.30. The second kappa shape index (κ2) is 4.90. The van der Waals surface area contributed by atoms with Gasteiger partial charge in [0.25, 0.3) is 0 Å². The van der Waals surface area contributed by atoms with Gasteiger partial charge in [0, 0.05) is 18.6 Å². The Morgan fingerprint density at radius 3 is 3.00 bits per heavy atom. The molecule has 2 rings (SSSR count). The Kier molecular flexibility index (Phi) is 3.31. The minimum Gasteiger partial charge on any atom is -0.396 e. The maximum absolute atomic E-state index is 8.70. The highest BCUT2D eigenvalue weighted by atomic mass is 16.5. The van der Waals surface area contributed by atoms with Crippen molar-refractivity contribution in [3.8, 4) is 11.4 Å². The Hall–Kier alpha value is -1.68. The standard InChI is InChI=1S/C12H14N2O2/c1-9-4-2-5-10(8-9)12-13-11(16-14-12)6-3-7-15/h2,4-5,8,15H,3,6-7H2,1H3. The van der Waals surface area contributed by atoms with Gasteiger partial charge in [-0.05, 0) is 19.4 Å². The molecule has 84 valence electrons. The third kappa shape index (κ3) is 2.46. The van der Waals surface area contributed by atoms with Crippen molar-refractivity contribution in [2.45, 2.75) is 19.8 Å². The van der Waals surface area contributed by atoms with E-state index in [4.69, 9.17) is 9.63 Å². The lowest BCUT2D eigenvalue weighted by atomic mass is 10.1. The number of nitrogens with zero attached hydrogens (tertiary/aromatic N) is 2. The van der Waals surface area contributed by atoms with E-state index >= 15 is 0 Å². The maximum atomic E-state index is 8.70. The van der Waals surface area contributed by atoms with Crippen molar-refractivity contribution in [2.75, 3.05) is 6.61 Å². The fourth-order valence-electron chi connectivity index (χ4n) is 1.49. The van der Waals surface area contributed by atoms with Crippen LogP contribution in [0.15, 0.2) is 28.8 Å². The van der Waals surface area contributed by atoms with Gasteiger partial charge in [0.1, 0.15) is 0 Å². The third-order valence-electron chi connectivity index (χ3n) is 2.29. The smallest absolute Gasteiger partial charge is 0.227 e. The third-order valence-corrected chi connectivity index (χ3v) is 2.29. The van der Waals surface area contributed by atoms with Crippen LogP contribution < -0.4 is 0 Å². The van der Waals surface area contributed by atoms with Gasteiger partial charge in [-0.1, -0.05) is 28.9 Å². The monoisotopic (exact) mass is 218 g/mol. The van der Waals surface area contributed by atoms with Gasteiger partial charge in [0.05, 0.1) is 0 Å². The molecule has 1 N–H and O–H groups in total. The quantitative estimate of drug-likeness (QED) is 0.852. The van der Waals surface area contributed by atoms with Crippen LogP contribution in [0.3, 0.4) is 0 Å². The summed E-state index contributed by atoms with van der Waals surface area (Å²) in [6.07, 6.45) is 1.27. The van der Waals surface area contributed by atoms with Crippen LogP contribution in [-0.4, -0.2) is 21.9 Å². The zero-order chi connectivity index (χ0) is 11.4. The molecule has 0 radical (unpaired) electrons. The molecular weight excluding hydrogens is 204 g/mol. The Morgan fingerprint density at radius 2 is 2.25 bits per heavy atom. The van der Waals surface area contributed by atoms with Crippen molar-refractivity contribution in [3.63, 3.8) is 0 Å². The van der Waals surface area contributed by atoms with E-state index in [0.717, 1.165) is 5.56 Å². The lowest BCUT2D eigenvalue weighted by Gasteiger charge is -1.95. The van der Waals surface area contributed by atoms with E-state index in [1.807, 2.05) is 31.2 Å². The van der Waals surface area contributed by atoms with E-state index in [9.17, 15) is 0 Å². The average molecular weight is 218 g/mol. The minimum atomic E-state index is 0.141. The summed E-state index contributed by atoms with van der Waals surface area (Å²) in [4.78, 5) is 4.27. The number of aliphatic hydroxyl groups is 1. The summed E-state index contributed by atoms with van der Waals surface area (Å²) in [5, 5.41) is 12.6. The van der Waals surface area contributed by atoms with Crippen LogP contribution in [0.4, 0.5) is 0 Å². The molecule has 0 atom stereocenters. The van der Waals surface area contributed by atoms with Crippen LogP contribution in [0.2, 0.25) is 0 Å². The number of aryl methyl sites for hydroxylation is 2. The summed E-state index contributed by atoms with van der Waals surface area (Å²) in [6.45, 7) is 2.17. The summed E-state index contributed by atoms with van der Waals surface area (Å²) >= 11 is 0. The maximum Gasteiger partial charge on any atom is 0.227 e. The van der Waals surface area contributed by atoms with Gasteiger partial charge in [-0.25, -0.2) is 0 Å². The molecule has 0 saturated heterocycles. The van der Waals surface area contributed by atoms with E-state index in [1.165, 1.54) is 5.56 Å². The molecule has 0 spiro atoms. The van der Waals surface area contributed by atoms with E-state index in [2.05, 4.69) is 10.1 Å². The topological polar surface area (TPSA) is 59.2 Å². The van der Waals surface area contributed by atoms with Gasteiger partial charge in [-0.15, -0.1) is 0 Å². The molecule has 2 aromatic rings. The van der Waals surface area contributed by atoms with Crippen molar-refractivity contribution < 1.29 is 9.63 Å². The van der Waals surface area contributed by atoms with Crippen molar-refractivity contribution in [1.29, 1.82) is 0 Å². The first-order chi connectivity index (χ1) is 7.79. The molecule has 0 unspecified atom stereocenters. The van der Waals surface area contributed by atoms with Crippen LogP contribution in [-0.2, 0) is 6.42 Å². The van der Waals surface area contributed by atoms with E-state index in [-0.39, 0.29) is 6.61 Å². The molecule has 1 aromatic carbocycles. The molecular formula is C12H14N2O2. The zero-order valence-corrected chi connectivity index (χ0v) is 9.18.